The highest BCUT2D eigenvalue weighted by molar-refractivity contribution is 7.93. The predicted octanol–water partition coefficient (Wildman–Crippen LogP) is 4.12. The van der Waals surface area contributed by atoms with Gasteiger partial charge in [0, 0.05) is 6.20 Å². The summed E-state index contributed by atoms with van der Waals surface area (Å²) in [5.74, 6) is -0.245. The van der Waals surface area contributed by atoms with Crippen LogP contribution in [0.3, 0.4) is 0 Å². The molecule has 1 N–H and O–H groups in total. The Morgan fingerprint density at radius 3 is 2.20 bits per heavy atom. The number of anilines is 1. The van der Waals surface area contributed by atoms with Crippen molar-refractivity contribution < 1.29 is 34.7 Å². The number of nitrogens with one attached hydrogen (secondary N) is 1. The van der Waals surface area contributed by atoms with Crippen LogP contribution >= 0.6 is 34.5 Å². The maximum Gasteiger partial charge on any atom is 0.417 e. The fraction of sp³-hybridized carbons (Fsp3) is 0.222. The number of hydrogen-bond donors (Lipinski definition) is 1. The minimum absolute atomic E-state index is 0.0564. The van der Waals surface area contributed by atoms with Crippen molar-refractivity contribution in [2.75, 3.05) is 17.8 Å². The predicted molar refractivity (Wildman–Crippen MR) is 122 cm³/mol. The van der Waals surface area contributed by atoms with Gasteiger partial charge in [-0.15, -0.1) is 0 Å². The molecule has 0 atom stereocenters. The number of halogens is 5. The number of benzene rings is 1. The number of hydrogen-bond acceptors (Lipinski definition) is 8. The van der Waals surface area contributed by atoms with Crippen molar-refractivity contribution in [3.05, 3.63) is 57.6 Å². The molecule has 1 saturated heterocycles. The van der Waals surface area contributed by atoms with Gasteiger partial charge in [0.25, 0.3) is 10.0 Å². The van der Waals surface area contributed by atoms with E-state index in [-0.39, 0.29) is 43.3 Å². The minimum Gasteiger partial charge on any atom is -0.470 e. The smallest absolute Gasteiger partial charge is 0.417 e. The van der Waals surface area contributed by atoms with E-state index in [0.717, 1.165) is 39.9 Å². The fourth-order valence-electron chi connectivity index (χ4n) is 2.91. The van der Waals surface area contributed by atoms with Gasteiger partial charge in [-0.1, -0.05) is 34.5 Å². The van der Waals surface area contributed by atoms with E-state index in [0.29, 0.717) is 12.3 Å². The van der Waals surface area contributed by atoms with Gasteiger partial charge in [-0.3, -0.25) is 4.72 Å². The lowest BCUT2D eigenvalue weighted by molar-refractivity contribution is -0.137. The second-order valence-electron chi connectivity index (χ2n) is 7.12. The highest BCUT2D eigenvalue weighted by Gasteiger charge is 2.39. The molecule has 17 heteroatoms. The summed E-state index contributed by atoms with van der Waals surface area (Å²) in [5.41, 5.74) is -1.04. The topological polar surface area (TPSA) is 119 Å². The van der Waals surface area contributed by atoms with E-state index >= 15 is 0 Å². The van der Waals surface area contributed by atoms with E-state index in [1.807, 2.05) is 0 Å². The third kappa shape index (κ3) is 5.65. The molecule has 3 aromatic rings. The molecule has 1 aliphatic heterocycles. The molecule has 0 saturated carbocycles. The fourth-order valence-corrected chi connectivity index (χ4v) is 6.68. The molecule has 188 valence electrons. The van der Waals surface area contributed by atoms with Crippen LogP contribution < -0.4 is 9.46 Å². The monoisotopic (exact) mass is 588 g/mol. The van der Waals surface area contributed by atoms with Gasteiger partial charge in [-0.05, 0) is 30.3 Å². The molecule has 2 aromatic heterocycles. The third-order valence-corrected chi connectivity index (χ3v) is 9.33. The van der Waals surface area contributed by atoms with Crippen LogP contribution in [0.4, 0.5) is 18.3 Å². The Morgan fingerprint density at radius 2 is 1.66 bits per heavy atom. The van der Waals surface area contributed by atoms with Crippen LogP contribution in [0.25, 0.3) is 0 Å². The van der Waals surface area contributed by atoms with Gasteiger partial charge < -0.3 is 4.74 Å². The van der Waals surface area contributed by atoms with Crippen LogP contribution in [0.2, 0.25) is 9.36 Å². The van der Waals surface area contributed by atoms with Crippen LogP contribution in [0.1, 0.15) is 5.56 Å². The minimum atomic E-state index is -4.62. The number of pyridine rings is 1. The molecule has 9 nitrogen and oxygen atoms in total. The summed E-state index contributed by atoms with van der Waals surface area (Å²) in [7, 11) is -7.99. The Labute approximate surface area is 211 Å². The van der Waals surface area contributed by atoms with Gasteiger partial charge >= 0.3 is 6.18 Å². The first-order valence-electron chi connectivity index (χ1n) is 9.39. The first kappa shape index (κ1) is 25.9. The Balaban J connectivity index is 1.39. The maximum atomic E-state index is 12.8. The number of aromatic nitrogens is 2. The quantitative estimate of drug-likeness (QED) is 0.441. The molecule has 1 aromatic carbocycles. The summed E-state index contributed by atoms with van der Waals surface area (Å²) in [6.07, 6.45) is -3.44. The molecule has 0 spiro atoms. The Hall–Kier alpha value is -2.17. The van der Waals surface area contributed by atoms with E-state index in [1.165, 1.54) is 6.20 Å². The van der Waals surface area contributed by atoms with Crippen LogP contribution in [-0.2, 0) is 26.2 Å². The molecule has 35 heavy (non-hydrogen) atoms. The largest absolute Gasteiger partial charge is 0.470 e. The number of nitrogens with zero attached hydrogens (tertiary/aromatic N) is 3. The van der Waals surface area contributed by atoms with E-state index in [1.54, 1.807) is 0 Å². The molecule has 0 bridgehead atoms. The molecular formula is C18H13Cl2F3N4O5S3. The number of thiazole rings is 1. The summed E-state index contributed by atoms with van der Waals surface area (Å²) in [6.45, 7) is -0.207. The van der Waals surface area contributed by atoms with Gasteiger partial charge in [-0.2, -0.15) is 17.5 Å². The molecule has 0 radical (unpaired) electrons. The lowest BCUT2D eigenvalue weighted by Crippen LogP contribution is -2.56. The van der Waals surface area contributed by atoms with Gasteiger partial charge in [0.15, 0.2) is 5.13 Å². The van der Waals surface area contributed by atoms with Gasteiger partial charge in [0.1, 0.15) is 15.5 Å². The normalized spacial score (nSPS) is 15.6. The van der Waals surface area contributed by atoms with Crippen molar-refractivity contribution in [2.24, 2.45) is 0 Å². The molecule has 0 aliphatic carbocycles. The lowest BCUT2D eigenvalue weighted by atomic mass is 10.2. The van der Waals surface area contributed by atoms with Gasteiger partial charge in [0.2, 0.25) is 15.9 Å². The highest BCUT2D eigenvalue weighted by Crippen LogP contribution is 2.34. The molecule has 4 rings (SSSR count). The molecule has 1 aliphatic rings. The standard InChI is InChI=1S/C18H13Cl2F3N4O5S3/c19-14-5-10(18(21,22)23)6-24-16(14)32-11-8-27(9-11)35(30,31)13-3-1-12(2-4-13)34(28,29)26-17-25-7-15(20)33-17/h1-7,11H,8-9H2,(H,25,26). The van der Waals surface area contributed by atoms with Crippen molar-refractivity contribution in [2.45, 2.75) is 22.1 Å². The Morgan fingerprint density at radius 1 is 1.03 bits per heavy atom. The number of ether oxygens (including phenoxy) is 1. The van der Waals surface area contributed by atoms with Crippen LogP contribution in [0.5, 0.6) is 5.88 Å². The summed E-state index contributed by atoms with van der Waals surface area (Å²) in [5, 5.41) is -0.299. The number of alkyl halides is 3. The molecule has 3 heterocycles. The van der Waals surface area contributed by atoms with Gasteiger partial charge in [-0.25, -0.2) is 26.8 Å². The first-order valence-corrected chi connectivity index (χ1v) is 13.9. The summed E-state index contributed by atoms with van der Waals surface area (Å²) < 4.78 is 97.7. The van der Waals surface area contributed by atoms with E-state index in [2.05, 4.69) is 14.7 Å². The number of sulfonamides is 2. The highest BCUT2D eigenvalue weighted by atomic mass is 35.5. The molecule has 0 unspecified atom stereocenters. The number of rotatable bonds is 7. The Kier molecular flexibility index (Phi) is 6.93. The third-order valence-electron chi connectivity index (χ3n) is 4.70. The van der Waals surface area contributed by atoms with Crippen LogP contribution in [-0.4, -0.2) is 50.3 Å². The van der Waals surface area contributed by atoms with Crippen molar-refractivity contribution in [3.63, 3.8) is 0 Å². The second kappa shape index (κ2) is 9.37. The van der Waals surface area contributed by atoms with E-state index < -0.39 is 37.9 Å². The van der Waals surface area contributed by atoms with Crippen LogP contribution in [0.15, 0.2) is 52.5 Å². The summed E-state index contributed by atoms with van der Waals surface area (Å²) in [6, 6.07) is 5.21. The molecule has 0 amide bonds. The zero-order chi connectivity index (χ0) is 25.6. The van der Waals surface area contributed by atoms with Crippen LogP contribution in [0, 0.1) is 0 Å². The zero-order valence-corrected chi connectivity index (χ0v) is 21.0. The molecule has 1 fully saturated rings. The second-order valence-corrected chi connectivity index (χ2v) is 12.8. The molecular weight excluding hydrogens is 576 g/mol. The van der Waals surface area contributed by atoms with Crippen molar-refractivity contribution in [1.82, 2.24) is 14.3 Å². The average molecular weight is 589 g/mol. The van der Waals surface area contributed by atoms with E-state index in [4.69, 9.17) is 27.9 Å². The zero-order valence-electron chi connectivity index (χ0n) is 17.0. The van der Waals surface area contributed by atoms with Crippen molar-refractivity contribution in [3.8, 4) is 5.88 Å². The Bertz CT molecular complexity index is 1460. The van der Waals surface area contributed by atoms with Crippen molar-refractivity contribution in [1.29, 1.82) is 0 Å². The summed E-state index contributed by atoms with van der Waals surface area (Å²) >= 11 is 12.5. The first-order chi connectivity index (χ1) is 16.3. The average Bonchev–Trinajstić information content (AvgIpc) is 3.14. The van der Waals surface area contributed by atoms with E-state index in [9.17, 15) is 30.0 Å². The van der Waals surface area contributed by atoms with Crippen molar-refractivity contribution >= 4 is 59.7 Å². The maximum absolute atomic E-state index is 12.8. The lowest BCUT2D eigenvalue weighted by Gasteiger charge is -2.37. The summed E-state index contributed by atoms with van der Waals surface area (Å²) in [4.78, 5) is 7.02. The van der Waals surface area contributed by atoms with Gasteiger partial charge in [0.05, 0.1) is 34.6 Å². The SMILES string of the molecule is O=S(=O)(Nc1ncc(Cl)s1)c1ccc(S(=O)(=O)N2CC(Oc3ncc(C(F)(F)F)cc3Cl)C2)cc1.